The number of nitrogens with one attached hydrogen (secondary N) is 1. The van der Waals surface area contributed by atoms with E-state index >= 15 is 0 Å². The molecule has 0 saturated heterocycles. The molecule has 3 aromatic rings. The van der Waals surface area contributed by atoms with E-state index < -0.39 is 12.1 Å². The molecule has 0 aliphatic carbocycles. The smallest absolute Gasteiger partial charge is 0.404 e. The van der Waals surface area contributed by atoms with Gasteiger partial charge in [0.15, 0.2) is 0 Å². The van der Waals surface area contributed by atoms with Crippen LogP contribution in [0.15, 0.2) is 30.6 Å². The number of aromatic amines is 1. The normalized spacial score (nSPS) is 12.0. The highest BCUT2D eigenvalue weighted by Crippen LogP contribution is 2.33. The molecule has 2 heterocycles. The minimum absolute atomic E-state index is 0.162. The van der Waals surface area contributed by atoms with Crippen LogP contribution in [-0.4, -0.2) is 26.1 Å². The lowest BCUT2D eigenvalue weighted by Crippen LogP contribution is -2.17. The zero-order valence-corrected chi connectivity index (χ0v) is 10.4. The number of alkyl halides is 3. The fourth-order valence-corrected chi connectivity index (χ4v) is 1.91. The number of H-pyrrole nitrogens is 1. The topological polar surface area (TPSA) is 55.7 Å². The Balaban J connectivity index is 2.07. The number of ether oxygens (including phenoxy) is 1. The molecule has 0 atom stereocenters. The van der Waals surface area contributed by atoms with E-state index in [0.29, 0.717) is 17.0 Å². The Morgan fingerprint density at radius 3 is 2.75 bits per heavy atom. The van der Waals surface area contributed by atoms with Gasteiger partial charge in [0.1, 0.15) is 5.75 Å². The Bertz CT molecular complexity index is 751. The minimum atomic E-state index is -4.81. The van der Waals surface area contributed by atoms with Crippen LogP contribution in [0.5, 0.6) is 5.75 Å². The van der Waals surface area contributed by atoms with E-state index in [1.54, 1.807) is 18.5 Å². The number of rotatable bonds is 2. The average Bonchev–Trinajstić information content (AvgIpc) is 2.95. The molecule has 2 aromatic heterocycles. The molecule has 0 aliphatic rings. The van der Waals surface area contributed by atoms with Crippen LogP contribution in [0.2, 0.25) is 5.02 Å². The summed E-state index contributed by atoms with van der Waals surface area (Å²) in [5.74, 6) is -0.129. The van der Waals surface area contributed by atoms with Crippen LogP contribution in [0.3, 0.4) is 0 Å². The second-order valence-corrected chi connectivity index (χ2v) is 4.27. The average molecular weight is 303 g/mol. The number of imidazole rings is 1. The van der Waals surface area contributed by atoms with Crippen LogP contribution >= 0.6 is 11.6 Å². The molecule has 0 radical (unpaired) electrons. The summed E-state index contributed by atoms with van der Waals surface area (Å²) in [5.41, 5.74) is 0.772. The summed E-state index contributed by atoms with van der Waals surface area (Å²) in [5, 5.41) is 3.80. The Morgan fingerprint density at radius 2 is 2.10 bits per heavy atom. The number of fused-ring (bicyclic) bond motifs is 1. The Labute approximate surface area is 114 Å². The van der Waals surface area contributed by atoms with Crippen molar-refractivity contribution in [2.75, 3.05) is 0 Å². The summed E-state index contributed by atoms with van der Waals surface area (Å²) in [7, 11) is 0. The second-order valence-electron chi connectivity index (χ2n) is 3.86. The molecule has 3 rings (SSSR count). The van der Waals surface area contributed by atoms with Crippen LogP contribution in [0.25, 0.3) is 17.0 Å². The third-order valence-electron chi connectivity index (χ3n) is 2.47. The van der Waals surface area contributed by atoms with E-state index in [1.807, 2.05) is 0 Å². The van der Waals surface area contributed by atoms with Crippen molar-refractivity contribution in [2.45, 2.75) is 6.36 Å². The van der Waals surface area contributed by atoms with E-state index in [9.17, 15) is 13.2 Å². The molecule has 0 saturated carbocycles. The summed E-state index contributed by atoms with van der Waals surface area (Å²) in [6.45, 7) is 0. The number of hydrogen-bond donors (Lipinski definition) is 1. The van der Waals surface area contributed by atoms with Gasteiger partial charge < -0.3 is 9.72 Å². The van der Waals surface area contributed by atoms with Gasteiger partial charge >= 0.3 is 6.36 Å². The van der Waals surface area contributed by atoms with Crippen LogP contribution in [0, 0.1) is 0 Å². The van der Waals surface area contributed by atoms with E-state index in [2.05, 4.69) is 19.8 Å². The standard InChI is InChI=1S/C11H6ClF3N4O/c12-6-4-7-8(5-9(6)20-11(13,14)15)18-10(17-7)19-3-1-2-16-19/h1-5H,(H,17,18). The van der Waals surface area contributed by atoms with Crippen LogP contribution in [0.4, 0.5) is 13.2 Å². The van der Waals surface area contributed by atoms with E-state index in [4.69, 9.17) is 11.6 Å². The molecule has 9 heteroatoms. The number of benzene rings is 1. The maximum absolute atomic E-state index is 12.2. The van der Waals surface area contributed by atoms with Crippen molar-refractivity contribution in [3.05, 3.63) is 35.6 Å². The molecule has 0 amide bonds. The van der Waals surface area contributed by atoms with Gasteiger partial charge in [0.25, 0.3) is 0 Å². The SMILES string of the molecule is FC(F)(F)Oc1cc2nc(-n3cccn3)[nH]c2cc1Cl. The highest BCUT2D eigenvalue weighted by atomic mass is 35.5. The number of nitrogens with zero attached hydrogens (tertiary/aromatic N) is 3. The summed E-state index contributed by atoms with van der Waals surface area (Å²) in [4.78, 5) is 7.02. The third kappa shape index (κ3) is 2.42. The summed E-state index contributed by atoms with van der Waals surface area (Å²) in [6.07, 6.45) is -1.61. The fourth-order valence-electron chi connectivity index (χ4n) is 1.70. The quantitative estimate of drug-likeness (QED) is 0.790. The lowest BCUT2D eigenvalue weighted by atomic mass is 10.3. The number of aromatic nitrogens is 4. The second kappa shape index (κ2) is 4.41. The van der Waals surface area contributed by atoms with Crippen molar-refractivity contribution in [1.82, 2.24) is 19.7 Å². The van der Waals surface area contributed by atoms with Crippen molar-refractivity contribution in [2.24, 2.45) is 0 Å². The zero-order valence-electron chi connectivity index (χ0n) is 9.65. The maximum atomic E-state index is 12.2. The Morgan fingerprint density at radius 1 is 1.30 bits per heavy atom. The van der Waals surface area contributed by atoms with Gasteiger partial charge in [-0.25, -0.2) is 9.67 Å². The van der Waals surface area contributed by atoms with Gasteiger partial charge in [0.05, 0.1) is 16.1 Å². The summed E-state index contributed by atoms with van der Waals surface area (Å²) in [6, 6.07) is 4.13. The largest absolute Gasteiger partial charge is 0.573 e. The van der Waals surface area contributed by atoms with Crippen molar-refractivity contribution in [3.8, 4) is 11.7 Å². The van der Waals surface area contributed by atoms with Gasteiger partial charge in [-0.2, -0.15) is 5.10 Å². The molecule has 0 aliphatic heterocycles. The first kappa shape index (κ1) is 12.8. The van der Waals surface area contributed by atoms with Crippen LogP contribution < -0.4 is 4.74 Å². The zero-order chi connectivity index (χ0) is 14.3. The van der Waals surface area contributed by atoms with Crippen molar-refractivity contribution >= 4 is 22.6 Å². The van der Waals surface area contributed by atoms with Gasteiger partial charge in [-0.15, -0.1) is 13.2 Å². The minimum Gasteiger partial charge on any atom is -0.404 e. The number of halogens is 4. The summed E-state index contributed by atoms with van der Waals surface area (Å²) >= 11 is 5.75. The van der Waals surface area contributed by atoms with Gasteiger partial charge in [-0.3, -0.25) is 0 Å². The van der Waals surface area contributed by atoms with E-state index in [0.717, 1.165) is 6.07 Å². The third-order valence-corrected chi connectivity index (χ3v) is 2.77. The molecule has 1 aromatic carbocycles. The molecule has 104 valence electrons. The van der Waals surface area contributed by atoms with Crippen LogP contribution in [0.1, 0.15) is 0 Å². The lowest BCUT2D eigenvalue weighted by Gasteiger charge is -2.09. The summed E-state index contributed by atoms with van der Waals surface area (Å²) < 4.78 is 42.0. The Hall–Kier alpha value is -2.22. The number of hydrogen-bond acceptors (Lipinski definition) is 3. The van der Waals surface area contributed by atoms with E-state index in [-0.39, 0.29) is 5.02 Å². The molecule has 0 spiro atoms. The van der Waals surface area contributed by atoms with Crippen LogP contribution in [-0.2, 0) is 0 Å². The molecule has 20 heavy (non-hydrogen) atoms. The molecule has 0 fully saturated rings. The lowest BCUT2D eigenvalue weighted by molar-refractivity contribution is -0.274. The molecule has 5 nitrogen and oxygen atoms in total. The van der Waals surface area contributed by atoms with Crippen molar-refractivity contribution in [1.29, 1.82) is 0 Å². The van der Waals surface area contributed by atoms with Gasteiger partial charge in [-0.05, 0) is 12.1 Å². The molecule has 0 unspecified atom stereocenters. The first-order chi connectivity index (χ1) is 9.42. The molecular formula is C11H6ClF3N4O. The monoisotopic (exact) mass is 302 g/mol. The Kier molecular flexibility index (Phi) is 2.82. The fraction of sp³-hybridized carbons (Fsp3) is 0.0909. The van der Waals surface area contributed by atoms with Crippen molar-refractivity contribution < 1.29 is 17.9 Å². The molecule has 0 bridgehead atoms. The maximum Gasteiger partial charge on any atom is 0.573 e. The highest BCUT2D eigenvalue weighted by Gasteiger charge is 2.32. The van der Waals surface area contributed by atoms with Gasteiger partial charge in [0.2, 0.25) is 5.95 Å². The van der Waals surface area contributed by atoms with E-state index in [1.165, 1.54) is 10.7 Å². The van der Waals surface area contributed by atoms with Crippen molar-refractivity contribution in [3.63, 3.8) is 0 Å². The first-order valence-electron chi connectivity index (χ1n) is 5.37. The molecular weight excluding hydrogens is 297 g/mol. The first-order valence-corrected chi connectivity index (χ1v) is 5.75. The highest BCUT2D eigenvalue weighted by molar-refractivity contribution is 6.32. The predicted molar refractivity (Wildman–Crippen MR) is 64.9 cm³/mol. The van der Waals surface area contributed by atoms with Gasteiger partial charge in [-0.1, -0.05) is 11.6 Å². The predicted octanol–water partition coefficient (Wildman–Crippen LogP) is 3.30. The molecule has 1 N–H and O–H groups in total. The van der Waals surface area contributed by atoms with Gasteiger partial charge in [0, 0.05) is 18.5 Å².